The van der Waals surface area contributed by atoms with Crippen LogP contribution in [0.25, 0.3) is 0 Å². The smallest absolute Gasteiger partial charge is 0.310 e. The molecular formula is C12H13F2NO4. The van der Waals surface area contributed by atoms with Gasteiger partial charge in [-0.05, 0) is 12.0 Å². The molecule has 19 heavy (non-hydrogen) atoms. The molecule has 0 aliphatic carbocycles. The first-order valence-corrected chi connectivity index (χ1v) is 5.67. The van der Waals surface area contributed by atoms with Crippen LogP contribution >= 0.6 is 0 Å². The van der Waals surface area contributed by atoms with Crippen molar-refractivity contribution in [1.29, 1.82) is 0 Å². The molecule has 1 N–H and O–H groups in total. The average Bonchev–Trinajstić information content (AvgIpc) is 2.34. The molecule has 0 fully saturated rings. The number of carbonyl (C=O) groups is 1. The van der Waals surface area contributed by atoms with Crippen LogP contribution in [-0.4, -0.2) is 16.0 Å². The lowest BCUT2D eigenvalue weighted by Crippen LogP contribution is -2.14. The lowest BCUT2D eigenvalue weighted by atomic mass is 9.90. The van der Waals surface area contributed by atoms with E-state index in [2.05, 4.69) is 0 Å². The largest absolute Gasteiger partial charge is 0.481 e. The lowest BCUT2D eigenvalue weighted by Gasteiger charge is -2.15. The van der Waals surface area contributed by atoms with Gasteiger partial charge in [0, 0.05) is 17.7 Å². The number of carboxylic acids is 1. The minimum atomic E-state index is -2.95. The van der Waals surface area contributed by atoms with E-state index in [9.17, 15) is 23.7 Å². The second kappa shape index (κ2) is 6.21. The van der Waals surface area contributed by atoms with Crippen LogP contribution < -0.4 is 0 Å². The van der Waals surface area contributed by atoms with E-state index in [-0.39, 0.29) is 12.0 Å². The number of rotatable bonds is 6. The highest BCUT2D eigenvalue weighted by atomic mass is 19.3. The summed E-state index contributed by atoms with van der Waals surface area (Å²) in [6.45, 7) is 1.74. The molecule has 1 aromatic carbocycles. The maximum Gasteiger partial charge on any atom is 0.310 e. The number of hydrogen-bond acceptors (Lipinski definition) is 3. The van der Waals surface area contributed by atoms with E-state index in [1.165, 1.54) is 0 Å². The number of halogens is 2. The molecule has 0 heterocycles. The molecule has 0 radical (unpaired) electrons. The summed E-state index contributed by atoms with van der Waals surface area (Å²) in [7, 11) is 0. The Kier molecular flexibility index (Phi) is 4.91. The van der Waals surface area contributed by atoms with Crippen LogP contribution in [-0.2, 0) is 4.79 Å². The van der Waals surface area contributed by atoms with Gasteiger partial charge in [-0.2, -0.15) is 0 Å². The van der Waals surface area contributed by atoms with Crippen molar-refractivity contribution in [2.45, 2.75) is 32.1 Å². The zero-order chi connectivity index (χ0) is 14.6. The molecule has 104 valence electrons. The number of non-ortho nitro benzene ring substituents is 1. The van der Waals surface area contributed by atoms with E-state index >= 15 is 0 Å². The van der Waals surface area contributed by atoms with Crippen LogP contribution in [0.4, 0.5) is 14.5 Å². The fourth-order valence-electron chi connectivity index (χ4n) is 1.88. The molecule has 0 spiro atoms. The van der Waals surface area contributed by atoms with Crippen molar-refractivity contribution in [3.63, 3.8) is 0 Å². The van der Waals surface area contributed by atoms with Crippen LogP contribution in [0.15, 0.2) is 18.2 Å². The number of aliphatic carboxylic acids is 1. The lowest BCUT2D eigenvalue weighted by molar-refractivity contribution is -0.385. The highest BCUT2D eigenvalue weighted by molar-refractivity contribution is 5.77. The zero-order valence-electron chi connectivity index (χ0n) is 10.2. The van der Waals surface area contributed by atoms with Gasteiger partial charge in [0.15, 0.2) is 0 Å². The average molecular weight is 273 g/mol. The Morgan fingerprint density at radius 2 is 2.05 bits per heavy atom. The quantitative estimate of drug-likeness (QED) is 0.635. The number of nitro benzene ring substituents is 1. The SMILES string of the molecule is CCCC(C(=O)O)c1ccc([N+](=O)[O-])cc1C(F)F. The summed E-state index contributed by atoms with van der Waals surface area (Å²) >= 11 is 0. The first-order chi connectivity index (χ1) is 8.88. The fourth-order valence-corrected chi connectivity index (χ4v) is 1.88. The standard InChI is InChI=1S/C12H13F2NO4/c1-2-3-9(12(16)17)8-5-4-7(15(18)19)6-10(8)11(13)14/h4-6,9,11H,2-3H2,1H3,(H,16,17). The third-order valence-corrected chi connectivity index (χ3v) is 2.77. The molecule has 0 saturated heterocycles. The number of hydrogen-bond donors (Lipinski definition) is 1. The maximum atomic E-state index is 12.9. The topological polar surface area (TPSA) is 80.4 Å². The van der Waals surface area contributed by atoms with Crippen molar-refractivity contribution in [2.24, 2.45) is 0 Å². The van der Waals surface area contributed by atoms with Crippen LogP contribution in [0.1, 0.15) is 43.2 Å². The van der Waals surface area contributed by atoms with Crippen molar-refractivity contribution >= 4 is 11.7 Å². The number of nitro groups is 1. The van der Waals surface area contributed by atoms with Crippen molar-refractivity contribution < 1.29 is 23.6 Å². The van der Waals surface area contributed by atoms with Gasteiger partial charge in [0.25, 0.3) is 12.1 Å². The summed E-state index contributed by atoms with van der Waals surface area (Å²) in [5.41, 5.74) is -1.12. The molecule has 0 bridgehead atoms. The minimum absolute atomic E-state index is 0.0602. The van der Waals surface area contributed by atoms with E-state index in [1.54, 1.807) is 6.92 Å². The van der Waals surface area contributed by atoms with E-state index in [0.29, 0.717) is 6.42 Å². The van der Waals surface area contributed by atoms with Crippen LogP contribution in [0.3, 0.4) is 0 Å². The maximum absolute atomic E-state index is 12.9. The summed E-state index contributed by atoms with van der Waals surface area (Å²) in [4.78, 5) is 20.9. The van der Waals surface area contributed by atoms with Gasteiger partial charge >= 0.3 is 5.97 Å². The summed E-state index contributed by atoms with van der Waals surface area (Å²) in [5.74, 6) is -2.28. The highest BCUT2D eigenvalue weighted by Gasteiger charge is 2.27. The van der Waals surface area contributed by atoms with Gasteiger partial charge in [0.1, 0.15) is 0 Å². The predicted molar refractivity (Wildman–Crippen MR) is 63.3 cm³/mol. The van der Waals surface area contributed by atoms with Gasteiger partial charge in [0.05, 0.1) is 10.8 Å². The Morgan fingerprint density at radius 3 is 2.47 bits per heavy atom. The van der Waals surface area contributed by atoms with E-state index < -0.39 is 34.5 Å². The Labute approximate surface area is 108 Å². The van der Waals surface area contributed by atoms with Crippen molar-refractivity contribution in [3.8, 4) is 0 Å². The second-order valence-corrected chi connectivity index (χ2v) is 4.05. The predicted octanol–water partition coefficient (Wildman–Crippen LogP) is 3.50. The van der Waals surface area contributed by atoms with Crippen LogP contribution in [0.2, 0.25) is 0 Å². The summed E-state index contributed by atoms with van der Waals surface area (Å²) in [5, 5.41) is 19.6. The second-order valence-electron chi connectivity index (χ2n) is 4.05. The van der Waals surface area contributed by atoms with Gasteiger partial charge in [-0.25, -0.2) is 8.78 Å². The molecule has 1 atom stereocenters. The molecule has 0 aromatic heterocycles. The fraction of sp³-hybridized carbons (Fsp3) is 0.417. The third-order valence-electron chi connectivity index (χ3n) is 2.77. The van der Waals surface area contributed by atoms with E-state index in [0.717, 1.165) is 18.2 Å². The molecule has 0 aliphatic rings. The molecular weight excluding hydrogens is 260 g/mol. The Morgan fingerprint density at radius 1 is 1.42 bits per heavy atom. The first-order valence-electron chi connectivity index (χ1n) is 5.67. The molecule has 1 unspecified atom stereocenters. The van der Waals surface area contributed by atoms with Crippen molar-refractivity contribution in [3.05, 3.63) is 39.4 Å². The third kappa shape index (κ3) is 3.46. The molecule has 0 amide bonds. The molecule has 5 nitrogen and oxygen atoms in total. The first kappa shape index (κ1) is 15.0. The minimum Gasteiger partial charge on any atom is -0.481 e. The summed E-state index contributed by atoms with van der Waals surface area (Å²) < 4.78 is 25.8. The molecule has 0 aliphatic heterocycles. The molecule has 7 heteroatoms. The summed E-state index contributed by atoms with van der Waals surface area (Å²) in [6.07, 6.45) is -2.24. The van der Waals surface area contributed by atoms with Crippen molar-refractivity contribution in [1.82, 2.24) is 0 Å². The van der Waals surface area contributed by atoms with Gasteiger partial charge in [-0.15, -0.1) is 0 Å². The number of nitrogens with zero attached hydrogens (tertiary/aromatic N) is 1. The Bertz CT molecular complexity index is 491. The number of benzene rings is 1. The monoisotopic (exact) mass is 273 g/mol. The van der Waals surface area contributed by atoms with Crippen LogP contribution in [0, 0.1) is 10.1 Å². The van der Waals surface area contributed by atoms with E-state index in [4.69, 9.17) is 5.11 Å². The molecule has 1 aromatic rings. The van der Waals surface area contributed by atoms with E-state index in [1.807, 2.05) is 0 Å². The Hall–Kier alpha value is -2.05. The number of alkyl halides is 2. The normalized spacial score (nSPS) is 12.4. The van der Waals surface area contributed by atoms with Gasteiger partial charge in [-0.1, -0.05) is 19.4 Å². The Balaban J connectivity index is 3.32. The van der Waals surface area contributed by atoms with Gasteiger partial charge < -0.3 is 5.11 Å². The molecule has 0 saturated carbocycles. The van der Waals surface area contributed by atoms with Crippen molar-refractivity contribution in [2.75, 3.05) is 0 Å². The number of carboxylic acid groups (broad SMARTS) is 1. The van der Waals surface area contributed by atoms with Gasteiger partial charge in [-0.3, -0.25) is 14.9 Å². The summed E-state index contributed by atoms with van der Waals surface area (Å²) in [6, 6.07) is 2.90. The highest BCUT2D eigenvalue weighted by Crippen LogP contribution is 2.33. The van der Waals surface area contributed by atoms with Crippen LogP contribution in [0.5, 0.6) is 0 Å². The van der Waals surface area contributed by atoms with Gasteiger partial charge in [0.2, 0.25) is 0 Å². The zero-order valence-corrected chi connectivity index (χ0v) is 10.2. The molecule has 1 rings (SSSR count).